The van der Waals surface area contributed by atoms with Crippen molar-refractivity contribution < 1.29 is 9.59 Å². The molecule has 1 heterocycles. The molecule has 3 rings (SSSR count). The van der Waals surface area contributed by atoms with Gasteiger partial charge in [0.2, 0.25) is 0 Å². The number of carbonyl (C=O) groups excluding carboxylic acids is 2. The SMILES string of the molecule is CC1=C(C)C(=O)N(CCCC2CC3C=CC2C3)C1=O. The van der Waals surface area contributed by atoms with Crippen LogP contribution in [0.4, 0.5) is 0 Å². The summed E-state index contributed by atoms with van der Waals surface area (Å²) in [7, 11) is 0. The van der Waals surface area contributed by atoms with Gasteiger partial charge >= 0.3 is 0 Å². The van der Waals surface area contributed by atoms with E-state index in [9.17, 15) is 9.59 Å². The number of imide groups is 1. The van der Waals surface area contributed by atoms with Crippen LogP contribution in [0.2, 0.25) is 0 Å². The molecule has 0 N–H and O–H groups in total. The molecule has 1 fully saturated rings. The Morgan fingerprint density at radius 3 is 2.32 bits per heavy atom. The Hall–Kier alpha value is -1.38. The summed E-state index contributed by atoms with van der Waals surface area (Å²) in [6, 6.07) is 0. The molecule has 0 saturated heterocycles. The second-order valence-corrected chi connectivity index (χ2v) is 6.19. The molecule has 2 amide bonds. The topological polar surface area (TPSA) is 37.4 Å². The number of hydrogen-bond acceptors (Lipinski definition) is 2. The van der Waals surface area contributed by atoms with Crippen molar-refractivity contribution in [3.8, 4) is 0 Å². The minimum Gasteiger partial charge on any atom is -0.275 e. The lowest BCUT2D eigenvalue weighted by Crippen LogP contribution is -2.32. The summed E-state index contributed by atoms with van der Waals surface area (Å²) in [5, 5.41) is 0. The Kier molecular flexibility index (Phi) is 3.08. The van der Waals surface area contributed by atoms with Crippen LogP contribution in [-0.2, 0) is 9.59 Å². The smallest absolute Gasteiger partial charge is 0.256 e. The van der Waals surface area contributed by atoms with Gasteiger partial charge in [-0.2, -0.15) is 0 Å². The van der Waals surface area contributed by atoms with E-state index in [-0.39, 0.29) is 11.8 Å². The summed E-state index contributed by atoms with van der Waals surface area (Å²) < 4.78 is 0. The molecule has 0 spiro atoms. The minimum atomic E-state index is -0.0876. The molecule has 102 valence electrons. The highest BCUT2D eigenvalue weighted by Crippen LogP contribution is 2.45. The standard InChI is InChI=1S/C16H21NO2/c1-10-11(2)16(19)17(15(10)18)7-3-4-13-8-12-5-6-14(13)9-12/h5-6,12-14H,3-4,7-9H2,1-2H3. The average molecular weight is 259 g/mol. The van der Waals surface area contributed by atoms with Gasteiger partial charge in [-0.1, -0.05) is 12.2 Å². The van der Waals surface area contributed by atoms with Gasteiger partial charge in [0.25, 0.3) is 11.8 Å². The summed E-state index contributed by atoms with van der Waals surface area (Å²) in [5.41, 5.74) is 1.24. The third kappa shape index (κ3) is 2.05. The van der Waals surface area contributed by atoms with Gasteiger partial charge in [0.15, 0.2) is 0 Å². The summed E-state index contributed by atoms with van der Waals surface area (Å²) in [6.07, 6.45) is 9.43. The fourth-order valence-electron chi connectivity index (χ4n) is 3.76. The fourth-order valence-corrected chi connectivity index (χ4v) is 3.76. The van der Waals surface area contributed by atoms with Gasteiger partial charge < -0.3 is 0 Å². The quantitative estimate of drug-likeness (QED) is 0.575. The molecule has 3 aliphatic rings. The molecule has 1 aliphatic heterocycles. The first-order chi connectivity index (χ1) is 9.08. The van der Waals surface area contributed by atoms with Crippen molar-refractivity contribution in [2.75, 3.05) is 6.54 Å². The molecule has 2 bridgehead atoms. The molecule has 1 saturated carbocycles. The largest absolute Gasteiger partial charge is 0.275 e. The highest BCUT2D eigenvalue weighted by atomic mass is 16.2. The van der Waals surface area contributed by atoms with Gasteiger partial charge in [-0.25, -0.2) is 0 Å². The molecule has 3 atom stereocenters. The van der Waals surface area contributed by atoms with Crippen LogP contribution in [0.3, 0.4) is 0 Å². The molecular weight excluding hydrogens is 238 g/mol. The van der Waals surface area contributed by atoms with Gasteiger partial charge in [-0.05, 0) is 57.3 Å². The van der Waals surface area contributed by atoms with Gasteiger partial charge in [-0.15, -0.1) is 0 Å². The van der Waals surface area contributed by atoms with E-state index in [1.807, 2.05) is 0 Å². The van der Waals surface area contributed by atoms with Crippen molar-refractivity contribution >= 4 is 11.8 Å². The molecule has 3 unspecified atom stereocenters. The average Bonchev–Trinajstić information content (AvgIpc) is 3.06. The van der Waals surface area contributed by atoms with E-state index >= 15 is 0 Å². The van der Waals surface area contributed by atoms with Crippen LogP contribution >= 0.6 is 0 Å². The van der Waals surface area contributed by atoms with Gasteiger partial charge in [0.05, 0.1) is 0 Å². The maximum atomic E-state index is 11.9. The molecular formula is C16H21NO2. The van der Waals surface area contributed by atoms with Crippen molar-refractivity contribution in [2.45, 2.75) is 39.5 Å². The zero-order valence-electron chi connectivity index (χ0n) is 11.7. The van der Waals surface area contributed by atoms with Crippen molar-refractivity contribution in [3.05, 3.63) is 23.3 Å². The molecule has 0 aromatic carbocycles. The van der Waals surface area contributed by atoms with Crippen LogP contribution in [0.15, 0.2) is 23.3 Å². The summed E-state index contributed by atoms with van der Waals surface area (Å²) in [4.78, 5) is 25.3. The van der Waals surface area contributed by atoms with Crippen LogP contribution < -0.4 is 0 Å². The zero-order valence-corrected chi connectivity index (χ0v) is 11.7. The first-order valence-electron chi connectivity index (χ1n) is 7.30. The fraction of sp³-hybridized carbons (Fsp3) is 0.625. The third-order valence-electron chi connectivity index (χ3n) is 5.07. The second kappa shape index (κ2) is 4.62. The van der Waals surface area contributed by atoms with Crippen molar-refractivity contribution in [2.24, 2.45) is 17.8 Å². The molecule has 0 aromatic rings. The third-order valence-corrected chi connectivity index (χ3v) is 5.07. The maximum Gasteiger partial charge on any atom is 0.256 e. The number of nitrogens with zero attached hydrogens (tertiary/aromatic N) is 1. The van der Waals surface area contributed by atoms with Crippen LogP contribution in [0.5, 0.6) is 0 Å². The van der Waals surface area contributed by atoms with Crippen molar-refractivity contribution in [3.63, 3.8) is 0 Å². The Bertz CT molecular complexity index is 465. The number of carbonyl (C=O) groups is 2. The highest BCUT2D eigenvalue weighted by molar-refractivity contribution is 6.18. The number of fused-ring (bicyclic) bond motifs is 2. The van der Waals surface area contributed by atoms with E-state index < -0.39 is 0 Å². The van der Waals surface area contributed by atoms with Crippen molar-refractivity contribution in [1.29, 1.82) is 0 Å². The zero-order chi connectivity index (χ0) is 13.6. The molecule has 19 heavy (non-hydrogen) atoms. The predicted molar refractivity (Wildman–Crippen MR) is 73.2 cm³/mol. The monoisotopic (exact) mass is 259 g/mol. The normalized spacial score (nSPS) is 33.2. The maximum absolute atomic E-state index is 11.9. The highest BCUT2D eigenvalue weighted by Gasteiger charge is 2.36. The van der Waals surface area contributed by atoms with Crippen LogP contribution in [0.25, 0.3) is 0 Å². The van der Waals surface area contributed by atoms with Gasteiger partial charge in [0.1, 0.15) is 0 Å². The van der Waals surface area contributed by atoms with E-state index in [0.29, 0.717) is 17.7 Å². The lowest BCUT2D eigenvalue weighted by Gasteiger charge is -2.20. The van der Waals surface area contributed by atoms with Gasteiger partial charge in [0, 0.05) is 17.7 Å². The van der Waals surface area contributed by atoms with E-state index in [1.165, 1.54) is 17.7 Å². The lowest BCUT2D eigenvalue weighted by atomic mass is 9.89. The summed E-state index contributed by atoms with van der Waals surface area (Å²) >= 11 is 0. The van der Waals surface area contributed by atoms with E-state index in [2.05, 4.69) is 12.2 Å². The Labute approximate surface area is 114 Å². The van der Waals surface area contributed by atoms with E-state index in [4.69, 9.17) is 0 Å². The van der Waals surface area contributed by atoms with Crippen LogP contribution in [0, 0.1) is 17.8 Å². The number of amides is 2. The van der Waals surface area contributed by atoms with Crippen LogP contribution in [-0.4, -0.2) is 23.3 Å². The van der Waals surface area contributed by atoms with Crippen LogP contribution in [0.1, 0.15) is 39.5 Å². The first kappa shape index (κ1) is 12.6. The molecule has 3 heteroatoms. The molecule has 2 aliphatic carbocycles. The number of allylic oxidation sites excluding steroid dienone is 2. The van der Waals surface area contributed by atoms with E-state index in [0.717, 1.165) is 30.6 Å². The second-order valence-electron chi connectivity index (χ2n) is 6.19. The Balaban J connectivity index is 1.50. The molecule has 3 nitrogen and oxygen atoms in total. The number of rotatable bonds is 4. The predicted octanol–water partition coefficient (Wildman–Crippen LogP) is 2.68. The lowest BCUT2D eigenvalue weighted by molar-refractivity contribution is -0.137. The minimum absolute atomic E-state index is 0.0876. The van der Waals surface area contributed by atoms with E-state index in [1.54, 1.807) is 13.8 Å². The summed E-state index contributed by atoms with van der Waals surface area (Å²) in [5.74, 6) is 2.16. The number of hydrogen-bond donors (Lipinski definition) is 0. The Morgan fingerprint density at radius 1 is 1.11 bits per heavy atom. The molecule has 0 radical (unpaired) electrons. The summed E-state index contributed by atoms with van der Waals surface area (Å²) in [6.45, 7) is 4.08. The molecule has 0 aromatic heterocycles. The Morgan fingerprint density at radius 2 is 1.79 bits per heavy atom. The van der Waals surface area contributed by atoms with Gasteiger partial charge in [-0.3, -0.25) is 14.5 Å². The first-order valence-corrected chi connectivity index (χ1v) is 7.30. The van der Waals surface area contributed by atoms with Crippen molar-refractivity contribution in [1.82, 2.24) is 4.90 Å².